The van der Waals surface area contributed by atoms with Gasteiger partial charge in [-0.2, -0.15) is 13.2 Å². The molecule has 2 heterocycles. The van der Waals surface area contributed by atoms with Crippen LogP contribution in [0.4, 0.5) is 35.2 Å². The predicted molar refractivity (Wildman–Crippen MR) is 121 cm³/mol. The fraction of sp³-hybridized carbons (Fsp3) is 0.261. The van der Waals surface area contributed by atoms with Gasteiger partial charge in [-0.05, 0) is 43.4 Å². The maximum Gasteiger partial charge on any atom is 0.418 e. The van der Waals surface area contributed by atoms with E-state index < -0.39 is 17.8 Å². The van der Waals surface area contributed by atoms with Gasteiger partial charge in [0.1, 0.15) is 0 Å². The van der Waals surface area contributed by atoms with Gasteiger partial charge in [0.15, 0.2) is 5.82 Å². The molecule has 0 spiro atoms. The molecule has 33 heavy (non-hydrogen) atoms. The number of nitrogens with one attached hydrogen (secondary N) is 2. The number of para-hydroxylation sites is 1. The van der Waals surface area contributed by atoms with E-state index in [1.54, 1.807) is 18.2 Å². The molecule has 0 bridgehead atoms. The molecular formula is C23H23F3N6O. The quantitative estimate of drug-likeness (QED) is 0.602. The first kappa shape index (κ1) is 22.5. The maximum absolute atomic E-state index is 13.1. The summed E-state index contributed by atoms with van der Waals surface area (Å²) in [5.74, 6) is 0.809. The first-order chi connectivity index (χ1) is 15.8. The summed E-state index contributed by atoms with van der Waals surface area (Å²) in [6, 6.07) is 14.7. The van der Waals surface area contributed by atoms with E-state index in [9.17, 15) is 18.0 Å². The summed E-state index contributed by atoms with van der Waals surface area (Å²) in [4.78, 5) is 16.8. The number of nitrogens with zero attached hydrogens (tertiary/aromatic N) is 4. The lowest BCUT2D eigenvalue weighted by Gasteiger charge is -2.32. The molecule has 2 amide bonds. The molecule has 1 aliphatic heterocycles. The van der Waals surface area contributed by atoms with Crippen molar-refractivity contribution in [1.29, 1.82) is 0 Å². The van der Waals surface area contributed by atoms with Crippen LogP contribution >= 0.6 is 0 Å². The number of amides is 2. The highest BCUT2D eigenvalue weighted by atomic mass is 19.4. The van der Waals surface area contributed by atoms with Crippen molar-refractivity contribution >= 4 is 23.2 Å². The van der Waals surface area contributed by atoms with Crippen LogP contribution in [0.3, 0.4) is 0 Å². The van der Waals surface area contributed by atoms with Crippen LogP contribution < -0.4 is 15.5 Å². The molecule has 1 fully saturated rings. The molecular weight excluding hydrogens is 433 g/mol. The number of carbonyl (C=O) groups is 1. The molecule has 1 saturated heterocycles. The van der Waals surface area contributed by atoms with Gasteiger partial charge in [-0.3, -0.25) is 0 Å². The number of hydrogen-bond acceptors (Lipinski definition) is 5. The highest BCUT2D eigenvalue weighted by molar-refractivity contribution is 6.00. The Morgan fingerprint density at radius 3 is 2.36 bits per heavy atom. The topological polar surface area (TPSA) is 73.4 Å². The summed E-state index contributed by atoms with van der Waals surface area (Å²) in [7, 11) is 2.09. The molecule has 7 nitrogen and oxygen atoms in total. The van der Waals surface area contributed by atoms with E-state index in [0.717, 1.165) is 43.6 Å². The zero-order valence-electron chi connectivity index (χ0n) is 17.9. The molecule has 0 aliphatic carbocycles. The molecule has 2 aromatic carbocycles. The number of benzene rings is 2. The number of likely N-dealkylation sites (N-methyl/N-ethyl adjacent to an activating group) is 1. The van der Waals surface area contributed by atoms with E-state index in [1.165, 1.54) is 18.2 Å². The molecule has 172 valence electrons. The van der Waals surface area contributed by atoms with Gasteiger partial charge in [-0.1, -0.05) is 24.3 Å². The van der Waals surface area contributed by atoms with E-state index in [1.807, 2.05) is 18.2 Å². The second-order valence-electron chi connectivity index (χ2n) is 7.77. The van der Waals surface area contributed by atoms with Gasteiger partial charge in [0.2, 0.25) is 0 Å². The normalized spacial score (nSPS) is 14.7. The second-order valence-corrected chi connectivity index (χ2v) is 7.77. The monoisotopic (exact) mass is 456 g/mol. The number of carbonyl (C=O) groups excluding carboxylic acids is 1. The minimum atomic E-state index is -4.57. The van der Waals surface area contributed by atoms with Gasteiger partial charge in [-0.15, -0.1) is 10.2 Å². The summed E-state index contributed by atoms with van der Waals surface area (Å²) in [5, 5.41) is 13.5. The predicted octanol–water partition coefficient (Wildman–Crippen LogP) is 4.56. The number of urea groups is 1. The van der Waals surface area contributed by atoms with E-state index in [4.69, 9.17) is 0 Å². The number of piperazine rings is 1. The summed E-state index contributed by atoms with van der Waals surface area (Å²) in [6.07, 6.45) is -4.57. The van der Waals surface area contributed by atoms with Crippen molar-refractivity contribution in [2.24, 2.45) is 0 Å². The highest BCUT2D eigenvalue weighted by Gasteiger charge is 2.33. The summed E-state index contributed by atoms with van der Waals surface area (Å²) < 4.78 is 39.4. The van der Waals surface area contributed by atoms with Gasteiger partial charge in [0.05, 0.1) is 16.9 Å². The van der Waals surface area contributed by atoms with E-state index in [2.05, 4.69) is 37.7 Å². The number of halogens is 3. The Morgan fingerprint density at radius 2 is 1.67 bits per heavy atom. The van der Waals surface area contributed by atoms with Crippen molar-refractivity contribution in [2.75, 3.05) is 48.8 Å². The Bertz CT molecular complexity index is 1110. The molecule has 0 radical (unpaired) electrons. The molecule has 4 rings (SSSR count). The standard InChI is InChI=1S/C23H23F3N6O/c1-31-11-13-32(14-12-31)21-10-9-19(29-30-21)16-5-4-6-17(15-16)27-22(33)28-20-8-3-2-7-18(20)23(24,25)26/h2-10,15H,11-14H2,1H3,(H2,27,28,33). The van der Waals surface area contributed by atoms with Crippen LogP contribution in [-0.2, 0) is 6.18 Å². The molecule has 0 saturated carbocycles. The maximum atomic E-state index is 13.1. The summed E-state index contributed by atoms with van der Waals surface area (Å²) in [5.41, 5.74) is 0.535. The Labute approximate surface area is 189 Å². The first-order valence-electron chi connectivity index (χ1n) is 10.4. The third kappa shape index (κ3) is 5.58. The summed E-state index contributed by atoms with van der Waals surface area (Å²) in [6.45, 7) is 3.70. The van der Waals surface area contributed by atoms with Gasteiger partial charge in [-0.25, -0.2) is 4.79 Å². The molecule has 2 N–H and O–H groups in total. The smallest absolute Gasteiger partial charge is 0.353 e. The largest absolute Gasteiger partial charge is 0.418 e. The third-order valence-electron chi connectivity index (χ3n) is 5.37. The van der Waals surface area contributed by atoms with Crippen molar-refractivity contribution in [2.45, 2.75) is 6.18 Å². The fourth-order valence-electron chi connectivity index (χ4n) is 3.56. The van der Waals surface area contributed by atoms with Crippen molar-refractivity contribution in [3.63, 3.8) is 0 Å². The molecule has 1 aliphatic rings. The van der Waals surface area contributed by atoms with Crippen molar-refractivity contribution < 1.29 is 18.0 Å². The Hall–Kier alpha value is -3.66. The third-order valence-corrected chi connectivity index (χ3v) is 5.37. The lowest BCUT2D eigenvalue weighted by molar-refractivity contribution is -0.136. The number of aromatic nitrogens is 2. The summed E-state index contributed by atoms with van der Waals surface area (Å²) >= 11 is 0. The van der Waals surface area contributed by atoms with Gasteiger partial charge in [0.25, 0.3) is 0 Å². The minimum Gasteiger partial charge on any atom is -0.353 e. The Balaban J connectivity index is 1.44. The van der Waals surface area contributed by atoms with E-state index in [0.29, 0.717) is 11.4 Å². The van der Waals surface area contributed by atoms with Crippen LogP contribution in [0.1, 0.15) is 5.56 Å². The minimum absolute atomic E-state index is 0.316. The van der Waals surface area contributed by atoms with Gasteiger partial charge in [0, 0.05) is 37.4 Å². The lowest BCUT2D eigenvalue weighted by atomic mass is 10.1. The Morgan fingerprint density at radius 1 is 0.909 bits per heavy atom. The number of hydrogen-bond donors (Lipinski definition) is 2. The Kier molecular flexibility index (Phi) is 6.45. The van der Waals surface area contributed by atoms with E-state index >= 15 is 0 Å². The van der Waals surface area contributed by atoms with Crippen molar-refractivity contribution in [3.8, 4) is 11.3 Å². The van der Waals surface area contributed by atoms with Crippen LogP contribution in [0.15, 0.2) is 60.7 Å². The van der Waals surface area contributed by atoms with Crippen LogP contribution in [0.2, 0.25) is 0 Å². The number of rotatable bonds is 4. The van der Waals surface area contributed by atoms with Gasteiger partial charge < -0.3 is 20.4 Å². The molecule has 10 heteroatoms. The van der Waals surface area contributed by atoms with Crippen LogP contribution in [0.25, 0.3) is 11.3 Å². The average molecular weight is 456 g/mol. The first-order valence-corrected chi connectivity index (χ1v) is 10.4. The average Bonchev–Trinajstić information content (AvgIpc) is 2.79. The second kappa shape index (κ2) is 9.45. The number of anilines is 3. The van der Waals surface area contributed by atoms with Crippen LogP contribution in [-0.4, -0.2) is 54.4 Å². The number of alkyl halides is 3. The fourth-order valence-corrected chi connectivity index (χ4v) is 3.56. The van der Waals surface area contributed by atoms with Crippen LogP contribution in [0, 0.1) is 0 Å². The highest BCUT2D eigenvalue weighted by Crippen LogP contribution is 2.34. The zero-order valence-corrected chi connectivity index (χ0v) is 17.9. The molecule has 0 unspecified atom stereocenters. The van der Waals surface area contributed by atoms with Crippen LogP contribution in [0.5, 0.6) is 0 Å². The lowest BCUT2D eigenvalue weighted by Crippen LogP contribution is -2.44. The molecule has 0 atom stereocenters. The zero-order chi connectivity index (χ0) is 23.4. The SMILES string of the molecule is CN1CCN(c2ccc(-c3cccc(NC(=O)Nc4ccccc4C(F)(F)F)c3)nn2)CC1. The molecule has 3 aromatic rings. The van der Waals surface area contributed by atoms with Gasteiger partial charge >= 0.3 is 12.2 Å². The molecule has 1 aromatic heterocycles. The van der Waals surface area contributed by atoms with Crippen molar-refractivity contribution in [1.82, 2.24) is 15.1 Å². The van der Waals surface area contributed by atoms with E-state index in [-0.39, 0.29) is 5.69 Å². The van der Waals surface area contributed by atoms with Crippen molar-refractivity contribution in [3.05, 3.63) is 66.2 Å².